The molecule has 0 aromatic rings. The van der Waals surface area contributed by atoms with Gasteiger partial charge in [-0.15, -0.1) is 0 Å². The molecule has 0 aromatic heterocycles. The molecule has 0 bridgehead atoms. The van der Waals surface area contributed by atoms with Crippen LogP contribution in [0.3, 0.4) is 0 Å². The van der Waals surface area contributed by atoms with Crippen molar-refractivity contribution in [1.82, 2.24) is 10.2 Å². The van der Waals surface area contributed by atoms with Crippen LogP contribution in [0.5, 0.6) is 0 Å². The van der Waals surface area contributed by atoms with E-state index in [1.54, 1.807) is 0 Å². The molecular weight excluding hydrogens is 284 g/mol. The molecule has 2 amide bonds. The lowest BCUT2D eigenvalue weighted by molar-refractivity contribution is -0.147. The third-order valence-corrected chi connectivity index (χ3v) is 6.93. The van der Waals surface area contributed by atoms with Gasteiger partial charge in [-0.25, -0.2) is 0 Å². The molecular formula is C16H26N2O2S. The third-order valence-electron chi connectivity index (χ3n) is 5.53. The number of thioether (sulfide) groups is 1. The summed E-state index contributed by atoms with van der Waals surface area (Å²) in [6, 6.07) is -0.259. The van der Waals surface area contributed by atoms with Gasteiger partial charge in [-0.05, 0) is 37.9 Å². The first-order valence-electron chi connectivity index (χ1n) is 8.27. The largest absolute Gasteiger partial charge is 0.342 e. The van der Waals surface area contributed by atoms with E-state index in [1.807, 2.05) is 16.7 Å². The highest BCUT2D eigenvalue weighted by molar-refractivity contribution is 8.00. The van der Waals surface area contributed by atoms with Crippen molar-refractivity contribution < 1.29 is 9.59 Å². The highest BCUT2D eigenvalue weighted by atomic mass is 32.2. The Kier molecular flexibility index (Phi) is 4.48. The maximum Gasteiger partial charge on any atom is 0.245 e. The van der Waals surface area contributed by atoms with Crippen LogP contribution in [0.4, 0.5) is 0 Å². The number of carbonyl (C=O) groups is 2. The Morgan fingerprint density at radius 3 is 2.48 bits per heavy atom. The van der Waals surface area contributed by atoms with Crippen LogP contribution >= 0.6 is 11.8 Å². The Labute approximate surface area is 131 Å². The number of nitrogens with zero attached hydrogens (tertiary/aromatic N) is 1. The van der Waals surface area contributed by atoms with Crippen molar-refractivity contribution >= 4 is 23.6 Å². The van der Waals surface area contributed by atoms with E-state index in [9.17, 15) is 9.59 Å². The lowest BCUT2D eigenvalue weighted by Gasteiger charge is -2.46. The van der Waals surface area contributed by atoms with Gasteiger partial charge in [0.25, 0.3) is 0 Å². The molecule has 0 aromatic carbocycles. The van der Waals surface area contributed by atoms with Crippen LogP contribution in [-0.2, 0) is 9.59 Å². The van der Waals surface area contributed by atoms with E-state index in [0.29, 0.717) is 5.92 Å². The molecule has 2 saturated carbocycles. The van der Waals surface area contributed by atoms with Crippen molar-refractivity contribution in [2.45, 2.75) is 62.2 Å². The Balaban J connectivity index is 1.69. The van der Waals surface area contributed by atoms with Gasteiger partial charge in [0.1, 0.15) is 6.04 Å². The molecule has 1 unspecified atom stereocenters. The Bertz CT molecular complexity index is 411. The zero-order valence-corrected chi connectivity index (χ0v) is 13.7. The maximum atomic E-state index is 12.8. The van der Waals surface area contributed by atoms with Gasteiger partial charge >= 0.3 is 0 Å². The summed E-state index contributed by atoms with van der Waals surface area (Å²) < 4.78 is 0.213. The van der Waals surface area contributed by atoms with Gasteiger partial charge in [0.05, 0.1) is 6.54 Å². The minimum Gasteiger partial charge on any atom is -0.342 e. The lowest BCUT2D eigenvalue weighted by Crippen LogP contribution is -2.63. The van der Waals surface area contributed by atoms with Gasteiger partial charge in [-0.2, -0.15) is 11.8 Å². The number of piperazine rings is 1. The maximum absolute atomic E-state index is 12.8. The van der Waals surface area contributed by atoms with Crippen LogP contribution in [0.1, 0.15) is 51.4 Å². The summed E-state index contributed by atoms with van der Waals surface area (Å²) in [5.74, 6) is 0.548. The van der Waals surface area contributed by atoms with Gasteiger partial charge in [0.2, 0.25) is 11.8 Å². The first-order valence-corrected chi connectivity index (χ1v) is 9.49. The molecule has 1 N–H and O–H groups in total. The monoisotopic (exact) mass is 310 g/mol. The standard InChI is InChI=1S/C16H26N2O2S/c1-21-16(8-5-9-16)11-18-10-13(19)17-14(15(18)20)12-6-3-2-4-7-12/h12,14H,2-11H2,1H3,(H,17,19). The van der Waals surface area contributed by atoms with Crippen molar-refractivity contribution in [2.75, 3.05) is 19.3 Å². The highest BCUT2D eigenvalue weighted by Gasteiger charge is 2.44. The first kappa shape index (κ1) is 15.2. The fourth-order valence-electron chi connectivity index (χ4n) is 4.00. The number of hydrogen-bond donors (Lipinski definition) is 1. The molecule has 0 radical (unpaired) electrons. The molecule has 1 heterocycles. The van der Waals surface area contributed by atoms with E-state index in [1.165, 1.54) is 38.5 Å². The van der Waals surface area contributed by atoms with E-state index in [0.717, 1.165) is 19.4 Å². The third kappa shape index (κ3) is 3.08. The fourth-order valence-corrected chi connectivity index (χ4v) is 4.98. The topological polar surface area (TPSA) is 49.4 Å². The molecule has 21 heavy (non-hydrogen) atoms. The zero-order valence-electron chi connectivity index (χ0n) is 12.9. The predicted molar refractivity (Wildman–Crippen MR) is 85.2 cm³/mol. The summed E-state index contributed by atoms with van der Waals surface area (Å²) in [6.45, 7) is 1.01. The van der Waals surface area contributed by atoms with Crippen LogP contribution in [0.2, 0.25) is 0 Å². The molecule has 118 valence electrons. The van der Waals surface area contributed by atoms with Gasteiger partial charge < -0.3 is 10.2 Å². The molecule has 1 atom stereocenters. The summed E-state index contributed by atoms with van der Waals surface area (Å²) in [5.41, 5.74) is 0. The molecule has 3 aliphatic rings. The van der Waals surface area contributed by atoms with Crippen molar-refractivity contribution in [3.05, 3.63) is 0 Å². The van der Waals surface area contributed by atoms with Crippen LogP contribution in [-0.4, -0.2) is 46.8 Å². The van der Waals surface area contributed by atoms with E-state index in [-0.39, 0.29) is 29.1 Å². The summed E-state index contributed by atoms with van der Waals surface area (Å²) in [5, 5.41) is 2.97. The number of rotatable bonds is 4. The molecule has 1 aliphatic heterocycles. The number of amides is 2. The van der Waals surface area contributed by atoms with E-state index < -0.39 is 0 Å². The second kappa shape index (κ2) is 6.19. The number of hydrogen-bond acceptors (Lipinski definition) is 3. The number of nitrogens with one attached hydrogen (secondary N) is 1. The average molecular weight is 310 g/mol. The van der Waals surface area contributed by atoms with E-state index in [4.69, 9.17) is 0 Å². The molecule has 2 aliphatic carbocycles. The summed E-state index contributed by atoms with van der Waals surface area (Å²) >= 11 is 1.87. The normalized spacial score (nSPS) is 30.0. The molecule has 1 saturated heterocycles. The van der Waals surface area contributed by atoms with Gasteiger partial charge in [0.15, 0.2) is 0 Å². The zero-order chi connectivity index (χ0) is 14.9. The van der Waals surface area contributed by atoms with Crippen LogP contribution in [0.15, 0.2) is 0 Å². The van der Waals surface area contributed by atoms with Gasteiger partial charge in [-0.1, -0.05) is 25.7 Å². The van der Waals surface area contributed by atoms with Gasteiger partial charge in [-0.3, -0.25) is 9.59 Å². The Morgan fingerprint density at radius 1 is 1.19 bits per heavy atom. The Morgan fingerprint density at radius 2 is 1.90 bits per heavy atom. The minimum absolute atomic E-state index is 0.0285. The predicted octanol–water partition coefficient (Wildman–Crippen LogP) is 2.18. The minimum atomic E-state index is -0.259. The smallest absolute Gasteiger partial charge is 0.245 e. The summed E-state index contributed by atoms with van der Waals surface area (Å²) in [7, 11) is 0. The van der Waals surface area contributed by atoms with Crippen LogP contribution < -0.4 is 5.32 Å². The Hall–Kier alpha value is -0.710. The van der Waals surface area contributed by atoms with E-state index >= 15 is 0 Å². The average Bonchev–Trinajstić information content (AvgIpc) is 2.47. The summed E-state index contributed by atoms with van der Waals surface area (Å²) in [6.07, 6.45) is 11.5. The second-order valence-electron chi connectivity index (χ2n) is 6.88. The molecule has 3 rings (SSSR count). The molecule has 3 fully saturated rings. The fraction of sp³-hybridized carbons (Fsp3) is 0.875. The highest BCUT2D eigenvalue weighted by Crippen LogP contribution is 2.43. The van der Waals surface area contributed by atoms with E-state index in [2.05, 4.69) is 11.6 Å². The second-order valence-corrected chi connectivity index (χ2v) is 8.15. The first-order chi connectivity index (χ1) is 10.1. The van der Waals surface area contributed by atoms with Gasteiger partial charge in [0, 0.05) is 11.3 Å². The quantitative estimate of drug-likeness (QED) is 0.866. The van der Waals surface area contributed by atoms with Crippen LogP contribution in [0.25, 0.3) is 0 Å². The lowest BCUT2D eigenvalue weighted by atomic mass is 9.81. The molecule has 4 nitrogen and oxygen atoms in total. The van der Waals surface area contributed by atoms with Crippen molar-refractivity contribution in [3.63, 3.8) is 0 Å². The summed E-state index contributed by atoms with van der Waals surface area (Å²) in [4.78, 5) is 26.7. The van der Waals surface area contributed by atoms with Crippen molar-refractivity contribution in [2.24, 2.45) is 5.92 Å². The SMILES string of the molecule is CSC1(CN2CC(=O)NC(C3CCCCC3)C2=O)CCC1. The van der Waals surface area contributed by atoms with Crippen molar-refractivity contribution in [3.8, 4) is 0 Å². The van der Waals surface area contributed by atoms with Crippen molar-refractivity contribution in [1.29, 1.82) is 0 Å². The molecule has 5 heteroatoms. The number of carbonyl (C=O) groups excluding carboxylic acids is 2. The van der Waals surface area contributed by atoms with Crippen LogP contribution in [0, 0.1) is 5.92 Å². The molecule has 0 spiro atoms.